The molecule has 2 N–H and O–H groups in total. The molecule has 40 heavy (non-hydrogen) atoms. The van der Waals surface area contributed by atoms with Crippen LogP contribution in [0.1, 0.15) is 39.9 Å². The highest BCUT2D eigenvalue weighted by molar-refractivity contribution is 6.16. The molecule has 6 nitrogen and oxygen atoms in total. The van der Waals surface area contributed by atoms with Crippen LogP contribution in [-0.2, 0) is 19.3 Å². The second kappa shape index (κ2) is 12.9. The molecule has 0 spiro atoms. The van der Waals surface area contributed by atoms with Gasteiger partial charge in [-0.05, 0) is 79.0 Å². The molecule has 0 unspecified atom stereocenters. The SMILES string of the molecule is COc1c(-c2ccc(CC[C@H]3CCc4cc(OCCO)ccc4C3)cc2)nc2ccccc2c1C(=O)/C=C/CO. The normalized spacial score (nSPS) is 14.8. The second-order valence-electron chi connectivity index (χ2n) is 10.2. The van der Waals surface area contributed by atoms with E-state index >= 15 is 0 Å². The summed E-state index contributed by atoms with van der Waals surface area (Å²) in [5.41, 5.74) is 6.70. The summed E-state index contributed by atoms with van der Waals surface area (Å²) in [6.07, 6.45) is 8.22. The number of fused-ring (bicyclic) bond motifs is 2. The van der Waals surface area contributed by atoms with E-state index in [9.17, 15) is 9.90 Å². The third kappa shape index (κ3) is 6.09. The highest BCUT2D eigenvalue weighted by Gasteiger charge is 2.22. The number of aryl methyl sites for hydroxylation is 2. The van der Waals surface area contributed by atoms with Crippen molar-refractivity contribution in [3.8, 4) is 22.8 Å². The molecule has 3 aromatic carbocycles. The first-order chi connectivity index (χ1) is 19.6. The maximum atomic E-state index is 13.1. The molecule has 0 radical (unpaired) electrons. The molecular weight excluding hydrogens is 502 g/mol. The highest BCUT2D eigenvalue weighted by Crippen LogP contribution is 2.37. The third-order valence-corrected chi connectivity index (χ3v) is 7.61. The monoisotopic (exact) mass is 537 g/mol. The van der Waals surface area contributed by atoms with Gasteiger partial charge >= 0.3 is 0 Å². The Kier molecular flexibility index (Phi) is 8.89. The minimum atomic E-state index is -0.231. The van der Waals surface area contributed by atoms with Gasteiger partial charge in [-0.1, -0.05) is 54.6 Å². The van der Waals surface area contributed by atoms with Gasteiger partial charge in [-0.3, -0.25) is 4.79 Å². The van der Waals surface area contributed by atoms with Crippen LogP contribution in [0.15, 0.2) is 78.9 Å². The van der Waals surface area contributed by atoms with Crippen molar-refractivity contribution in [3.05, 3.63) is 101 Å². The van der Waals surface area contributed by atoms with Crippen molar-refractivity contribution in [1.29, 1.82) is 0 Å². The quantitative estimate of drug-likeness (QED) is 0.187. The fourth-order valence-electron chi connectivity index (χ4n) is 5.58. The van der Waals surface area contributed by atoms with Crippen LogP contribution in [-0.4, -0.2) is 47.9 Å². The zero-order valence-corrected chi connectivity index (χ0v) is 22.8. The van der Waals surface area contributed by atoms with Crippen LogP contribution in [0.4, 0.5) is 0 Å². The minimum absolute atomic E-state index is 0.0240. The number of ketones is 1. The summed E-state index contributed by atoms with van der Waals surface area (Å²) in [5.74, 6) is 1.68. The zero-order chi connectivity index (χ0) is 27.9. The Labute approximate surface area is 234 Å². The van der Waals surface area contributed by atoms with Crippen molar-refractivity contribution in [3.63, 3.8) is 0 Å². The van der Waals surface area contributed by atoms with Crippen LogP contribution in [0.5, 0.6) is 11.5 Å². The molecule has 0 bridgehead atoms. The van der Waals surface area contributed by atoms with Gasteiger partial charge < -0.3 is 19.7 Å². The molecule has 6 heteroatoms. The van der Waals surface area contributed by atoms with E-state index in [1.807, 2.05) is 30.3 Å². The number of benzene rings is 3. The van der Waals surface area contributed by atoms with Gasteiger partial charge in [0.15, 0.2) is 11.5 Å². The zero-order valence-electron chi connectivity index (χ0n) is 22.8. The molecule has 4 aromatic rings. The molecule has 1 atom stereocenters. The number of carbonyl (C=O) groups is 1. The van der Waals surface area contributed by atoms with Crippen LogP contribution in [0.2, 0.25) is 0 Å². The van der Waals surface area contributed by atoms with Gasteiger partial charge in [0.05, 0.1) is 31.4 Å². The fraction of sp³-hybridized carbons (Fsp3) is 0.294. The molecule has 0 fully saturated rings. The number of hydrogen-bond donors (Lipinski definition) is 2. The molecule has 0 saturated carbocycles. The number of pyridine rings is 1. The number of methoxy groups -OCH3 is 1. The minimum Gasteiger partial charge on any atom is -0.494 e. The Morgan fingerprint density at radius 3 is 2.65 bits per heavy atom. The van der Waals surface area contributed by atoms with Gasteiger partial charge in [0.1, 0.15) is 18.1 Å². The van der Waals surface area contributed by atoms with Gasteiger partial charge in [-0.25, -0.2) is 4.98 Å². The van der Waals surface area contributed by atoms with Crippen molar-refractivity contribution in [1.82, 2.24) is 4.98 Å². The molecule has 1 heterocycles. The maximum Gasteiger partial charge on any atom is 0.190 e. The van der Waals surface area contributed by atoms with Crippen molar-refractivity contribution >= 4 is 16.7 Å². The van der Waals surface area contributed by atoms with Crippen LogP contribution in [0.25, 0.3) is 22.2 Å². The predicted molar refractivity (Wildman–Crippen MR) is 157 cm³/mol. The van der Waals surface area contributed by atoms with Crippen molar-refractivity contribution in [2.75, 3.05) is 26.9 Å². The molecule has 0 saturated heterocycles. The van der Waals surface area contributed by atoms with E-state index in [1.54, 1.807) is 7.11 Å². The van der Waals surface area contributed by atoms with Gasteiger partial charge in [-0.2, -0.15) is 0 Å². The smallest absolute Gasteiger partial charge is 0.190 e. The van der Waals surface area contributed by atoms with E-state index in [0.717, 1.165) is 48.8 Å². The lowest BCUT2D eigenvalue weighted by atomic mass is 9.81. The lowest BCUT2D eigenvalue weighted by molar-refractivity contribution is 0.104. The van der Waals surface area contributed by atoms with Crippen LogP contribution in [0.3, 0.4) is 0 Å². The third-order valence-electron chi connectivity index (χ3n) is 7.61. The van der Waals surface area contributed by atoms with E-state index in [4.69, 9.17) is 19.6 Å². The van der Waals surface area contributed by atoms with Crippen molar-refractivity contribution in [2.45, 2.75) is 32.1 Å². The first kappa shape index (κ1) is 27.6. The number of hydrogen-bond acceptors (Lipinski definition) is 6. The van der Waals surface area contributed by atoms with Crippen molar-refractivity contribution < 1.29 is 24.5 Å². The summed E-state index contributed by atoms with van der Waals surface area (Å²) in [4.78, 5) is 17.9. The van der Waals surface area contributed by atoms with E-state index in [-0.39, 0.29) is 19.0 Å². The molecule has 1 aliphatic rings. The Hall–Kier alpha value is -4.00. The van der Waals surface area contributed by atoms with E-state index in [0.29, 0.717) is 35.0 Å². The number of nitrogens with zero attached hydrogens (tertiary/aromatic N) is 1. The number of aliphatic hydroxyl groups is 2. The van der Waals surface area contributed by atoms with E-state index in [1.165, 1.54) is 28.8 Å². The Bertz CT molecular complexity index is 1510. The second-order valence-corrected chi connectivity index (χ2v) is 10.2. The lowest BCUT2D eigenvalue weighted by Crippen LogP contribution is -2.15. The largest absolute Gasteiger partial charge is 0.494 e. The Morgan fingerprint density at radius 2 is 1.88 bits per heavy atom. The first-order valence-corrected chi connectivity index (χ1v) is 13.8. The molecule has 1 aromatic heterocycles. The number of carbonyl (C=O) groups excluding carboxylic acids is 1. The Balaban J connectivity index is 1.32. The molecule has 0 aliphatic heterocycles. The summed E-state index contributed by atoms with van der Waals surface area (Å²) in [6, 6.07) is 22.2. The number of aliphatic hydroxyl groups excluding tert-OH is 2. The molecule has 0 amide bonds. The summed E-state index contributed by atoms with van der Waals surface area (Å²) >= 11 is 0. The molecular formula is C34H35NO5. The first-order valence-electron chi connectivity index (χ1n) is 13.8. The number of para-hydroxylation sites is 1. The summed E-state index contributed by atoms with van der Waals surface area (Å²) in [6.45, 7) is 0.140. The topological polar surface area (TPSA) is 88.9 Å². The number of aromatic nitrogens is 1. The van der Waals surface area contributed by atoms with Gasteiger partial charge in [0.25, 0.3) is 0 Å². The number of allylic oxidation sites excluding steroid dienone is 1. The van der Waals surface area contributed by atoms with Gasteiger partial charge in [0, 0.05) is 10.9 Å². The van der Waals surface area contributed by atoms with Gasteiger partial charge in [0.2, 0.25) is 0 Å². The predicted octanol–water partition coefficient (Wildman–Crippen LogP) is 5.75. The standard InChI is InChI=1S/C34H35NO5/c1-39-34-32(31(38)7-4-18-36)29-5-2-3-6-30(29)35-33(34)25-13-10-23(11-14-25)8-9-24-12-15-27-22-28(40-20-19-37)17-16-26(27)21-24/h2-7,10-11,13-14,16-17,22,24,36-37H,8-9,12,15,18-21H2,1H3/b7-4+/t24-/m0/s1. The average molecular weight is 538 g/mol. The molecule has 206 valence electrons. The lowest BCUT2D eigenvalue weighted by Gasteiger charge is -2.25. The summed E-state index contributed by atoms with van der Waals surface area (Å²) in [5, 5.41) is 18.9. The fourth-order valence-corrected chi connectivity index (χ4v) is 5.58. The maximum absolute atomic E-state index is 13.1. The van der Waals surface area contributed by atoms with Gasteiger partial charge in [-0.15, -0.1) is 0 Å². The highest BCUT2D eigenvalue weighted by atomic mass is 16.5. The summed E-state index contributed by atoms with van der Waals surface area (Å²) < 4.78 is 11.3. The van der Waals surface area contributed by atoms with Crippen LogP contribution >= 0.6 is 0 Å². The van der Waals surface area contributed by atoms with Crippen molar-refractivity contribution in [2.24, 2.45) is 5.92 Å². The molecule has 1 aliphatic carbocycles. The number of rotatable bonds is 11. The summed E-state index contributed by atoms with van der Waals surface area (Å²) in [7, 11) is 1.56. The van der Waals surface area contributed by atoms with Crippen LogP contribution in [0, 0.1) is 5.92 Å². The molecule has 5 rings (SSSR count). The average Bonchev–Trinajstić information content (AvgIpc) is 3.00. The van der Waals surface area contributed by atoms with Crippen LogP contribution < -0.4 is 9.47 Å². The van der Waals surface area contributed by atoms with E-state index < -0.39 is 0 Å². The van der Waals surface area contributed by atoms with E-state index in [2.05, 4.69) is 36.4 Å². The number of ether oxygens (including phenoxy) is 2. The Morgan fingerprint density at radius 1 is 1.05 bits per heavy atom.